The Morgan fingerprint density at radius 2 is 1.00 bits per heavy atom. The third-order valence-electron chi connectivity index (χ3n) is 12.5. The van der Waals surface area contributed by atoms with Crippen LogP contribution < -0.4 is 4.90 Å². The van der Waals surface area contributed by atoms with Gasteiger partial charge in [0.25, 0.3) is 0 Å². The molecule has 9 aromatic carbocycles. The van der Waals surface area contributed by atoms with Crippen LogP contribution in [0.4, 0.5) is 17.1 Å². The fourth-order valence-electron chi connectivity index (χ4n) is 10.2. The summed E-state index contributed by atoms with van der Waals surface area (Å²) in [7, 11) is 0. The molecule has 1 aromatic heterocycles. The Morgan fingerprint density at radius 1 is 0.418 bits per heavy atom. The van der Waals surface area contributed by atoms with Crippen molar-refractivity contribution in [1.29, 1.82) is 0 Å². The zero-order valence-electron chi connectivity index (χ0n) is 30.7. The molecule has 2 heteroatoms. The van der Waals surface area contributed by atoms with Crippen molar-refractivity contribution in [2.75, 3.05) is 4.90 Å². The van der Waals surface area contributed by atoms with E-state index in [2.05, 4.69) is 205 Å². The zero-order chi connectivity index (χ0) is 36.4. The predicted octanol–water partition coefficient (Wildman–Crippen LogP) is 13.9. The molecule has 55 heavy (non-hydrogen) atoms. The van der Waals surface area contributed by atoms with Crippen LogP contribution in [-0.4, -0.2) is 4.57 Å². The minimum Gasteiger partial charge on any atom is -0.310 e. The maximum atomic E-state index is 2.56. The van der Waals surface area contributed by atoms with Crippen LogP contribution in [-0.2, 0) is 5.41 Å². The second-order valence-corrected chi connectivity index (χ2v) is 15.4. The Kier molecular flexibility index (Phi) is 6.15. The van der Waals surface area contributed by atoms with Crippen molar-refractivity contribution in [1.82, 2.24) is 4.57 Å². The van der Waals surface area contributed by atoms with Crippen molar-refractivity contribution in [3.05, 3.63) is 215 Å². The molecule has 0 radical (unpaired) electrons. The molecular weight excluding hydrogens is 665 g/mol. The predicted molar refractivity (Wildman–Crippen MR) is 231 cm³/mol. The third-order valence-corrected chi connectivity index (χ3v) is 12.5. The van der Waals surface area contributed by atoms with E-state index < -0.39 is 5.41 Å². The number of benzene rings is 9. The van der Waals surface area contributed by atoms with Gasteiger partial charge in [0.05, 0.1) is 27.8 Å². The largest absolute Gasteiger partial charge is 0.310 e. The molecule has 1 spiro atoms. The Hall–Kier alpha value is -6.90. The molecule has 10 aromatic rings. The fraction of sp³-hybridized carbons (Fsp3) is 0.0566. The SMILES string of the molecule is Cc1ccc(N(c2ccc(C)cc2)c2cc3c(c4ccccc24)-c2c(ccc4ccccc24)C32c3ccccc3-n3c4ccccc4c4cccc2c43)cc1. The van der Waals surface area contributed by atoms with E-state index in [0.717, 1.165) is 11.4 Å². The van der Waals surface area contributed by atoms with Crippen LogP contribution in [0.3, 0.4) is 0 Å². The van der Waals surface area contributed by atoms with E-state index in [1.807, 2.05) is 0 Å². The van der Waals surface area contributed by atoms with Crippen molar-refractivity contribution in [3.8, 4) is 16.8 Å². The fourth-order valence-corrected chi connectivity index (χ4v) is 10.2. The summed E-state index contributed by atoms with van der Waals surface area (Å²) in [4.78, 5) is 2.47. The molecule has 1 aliphatic carbocycles. The number of para-hydroxylation sites is 3. The van der Waals surface area contributed by atoms with Crippen LogP contribution in [0.25, 0.3) is 60.2 Å². The third kappa shape index (κ3) is 3.93. The summed E-state index contributed by atoms with van der Waals surface area (Å²) in [5.74, 6) is 0. The second-order valence-electron chi connectivity index (χ2n) is 15.4. The van der Waals surface area contributed by atoms with Gasteiger partial charge in [-0.3, -0.25) is 0 Å². The maximum absolute atomic E-state index is 2.56. The molecule has 0 bridgehead atoms. The number of fused-ring (bicyclic) bond motifs is 16. The summed E-state index contributed by atoms with van der Waals surface area (Å²) >= 11 is 0. The van der Waals surface area contributed by atoms with E-state index in [9.17, 15) is 0 Å². The zero-order valence-corrected chi connectivity index (χ0v) is 30.7. The minimum atomic E-state index is -0.583. The molecule has 0 N–H and O–H groups in total. The highest BCUT2D eigenvalue weighted by Gasteiger charge is 2.52. The summed E-state index contributed by atoms with van der Waals surface area (Å²) in [6.45, 7) is 4.33. The molecule has 1 atom stereocenters. The van der Waals surface area contributed by atoms with Crippen LogP contribution >= 0.6 is 0 Å². The molecule has 0 saturated carbocycles. The van der Waals surface area contributed by atoms with Gasteiger partial charge in [-0.15, -0.1) is 0 Å². The van der Waals surface area contributed by atoms with Gasteiger partial charge in [-0.05, 0) is 106 Å². The van der Waals surface area contributed by atoms with Gasteiger partial charge >= 0.3 is 0 Å². The highest BCUT2D eigenvalue weighted by molar-refractivity contribution is 6.18. The quantitative estimate of drug-likeness (QED) is 0.178. The first kappa shape index (κ1) is 30.6. The standard InChI is InChI=1S/C53H36N2/c1-33-22-27-36(28-23-33)54(37-29-24-34(2)25-30-37)49-32-46-51(41-16-6-5-14-39(41)49)50-38-13-4-3-12-35(38)26-31-44(50)53(46)43-18-8-10-21-48(43)55-47-20-9-7-15-40(47)42-17-11-19-45(53)52(42)55/h3-32H,1-2H3. The molecule has 2 nitrogen and oxygen atoms in total. The van der Waals surface area contributed by atoms with Gasteiger partial charge in [0.1, 0.15) is 0 Å². The molecule has 258 valence electrons. The summed E-state index contributed by atoms with van der Waals surface area (Å²) in [5, 5.41) is 7.63. The molecule has 0 amide bonds. The molecule has 1 unspecified atom stereocenters. The Balaban J connectivity index is 1.31. The van der Waals surface area contributed by atoms with E-state index in [1.54, 1.807) is 0 Å². The van der Waals surface area contributed by atoms with E-state index in [1.165, 1.54) is 99.2 Å². The first-order valence-corrected chi connectivity index (χ1v) is 19.3. The number of aromatic nitrogens is 1. The van der Waals surface area contributed by atoms with E-state index in [0.29, 0.717) is 0 Å². The number of rotatable bonds is 3. The average Bonchev–Trinajstić information content (AvgIpc) is 3.73. The van der Waals surface area contributed by atoms with Gasteiger partial charge < -0.3 is 9.47 Å². The van der Waals surface area contributed by atoms with Crippen LogP contribution in [0.1, 0.15) is 33.4 Å². The van der Waals surface area contributed by atoms with Crippen molar-refractivity contribution in [3.63, 3.8) is 0 Å². The lowest BCUT2D eigenvalue weighted by Crippen LogP contribution is -2.33. The Morgan fingerprint density at radius 3 is 1.76 bits per heavy atom. The molecule has 1 aliphatic heterocycles. The van der Waals surface area contributed by atoms with Crippen LogP contribution in [0.2, 0.25) is 0 Å². The maximum Gasteiger partial charge on any atom is 0.0755 e. The summed E-state index contributed by atoms with van der Waals surface area (Å²) in [6.07, 6.45) is 0. The monoisotopic (exact) mass is 700 g/mol. The topological polar surface area (TPSA) is 8.17 Å². The van der Waals surface area contributed by atoms with Crippen LogP contribution in [0, 0.1) is 13.8 Å². The van der Waals surface area contributed by atoms with Gasteiger partial charge in [-0.1, -0.05) is 151 Å². The molecular formula is C53H36N2. The van der Waals surface area contributed by atoms with Crippen molar-refractivity contribution < 1.29 is 0 Å². The second kappa shape index (κ2) is 11.1. The molecule has 0 saturated heterocycles. The summed E-state index contributed by atoms with van der Waals surface area (Å²) in [5.41, 5.74) is 17.1. The van der Waals surface area contributed by atoms with E-state index >= 15 is 0 Å². The van der Waals surface area contributed by atoms with Crippen molar-refractivity contribution in [2.45, 2.75) is 19.3 Å². The lowest BCUT2D eigenvalue weighted by molar-refractivity contribution is 0.749. The number of hydrogen-bond acceptors (Lipinski definition) is 1. The van der Waals surface area contributed by atoms with E-state index in [-0.39, 0.29) is 0 Å². The van der Waals surface area contributed by atoms with E-state index in [4.69, 9.17) is 0 Å². The number of aryl methyl sites for hydroxylation is 2. The Bertz CT molecular complexity index is 3170. The van der Waals surface area contributed by atoms with Gasteiger partial charge in [0.15, 0.2) is 0 Å². The summed E-state index contributed by atoms with van der Waals surface area (Å²) < 4.78 is 2.53. The molecule has 12 rings (SSSR count). The van der Waals surface area contributed by atoms with Crippen LogP contribution in [0.5, 0.6) is 0 Å². The van der Waals surface area contributed by atoms with Gasteiger partial charge in [-0.25, -0.2) is 0 Å². The van der Waals surface area contributed by atoms with Crippen molar-refractivity contribution in [2.24, 2.45) is 0 Å². The van der Waals surface area contributed by atoms with Crippen molar-refractivity contribution >= 4 is 60.4 Å². The Labute approximate surface area is 320 Å². The van der Waals surface area contributed by atoms with Gasteiger partial charge in [-0.2, -0.15) is 0 Å². The first-order valence-electron chi connectivity index (χ1n) is 19.3. The lowest BCUT2D eigenvalue weighted by Gasteiger charge is -2.40. The molecule has 2 heterocycles. The average molecular weight is 701 g/mol. The molecule has 2 aliphatic rings. The summed E-state index contributed by atoms with van der Waals surface area (Å²) in [6, 6.07) is 68.5. The minimum absolute atomic E-state index is 0.583. The lowest BCUT2D eigenvalue weighted by atomic mass is 9.65. The normalized spacial score (nSPS) is 15.2. The molecule has 0 fully saturated rings. The highest BCUT2D eigenvalue weighted by atomic mass is 15.1. The van der Waals surface area contributed by atoms with Gasteiger partial charge in [0, 0.05) is 27.5 Å². The van der Waals surface area contributed by atoms with Gasteiger partial charge in [0.2, 0.25) is 0 Å². The highest BCUT2D eigenvalue weighted by Crippen LogP contribution is 2.64. The number of hydrogen-bond donors (Lipinski definition) is 0. The smallest absolute Gasteiger partial charge is 0.0755 e. The number of nitrogens with zero attached hydrogens (tertiary/aromatic N) is 2. The number of anilines is 3. The van der Waals surface area contributed by atoms with Crippen LogP contribution in [0.15, 0.2) is 182 Å². The first-order chi connectivity index (χ1) is 27.1.